The molecule has 0 saturated carbocycles. The maximum Gasteiger partial charge on any atom is 0.332 e. The summed E-state index contributed by atoms with van der Waals surface area (Å²) < 4.78 is 4.63. The van der Waals surface area contributed by atoms with Crippen molar-refractivity contribution in [3.63, 3.8) is 0 Å². The van der Waals surface area contributed by atoms with E-state index in [4.69, 9.17) is 10.7 Å². The minimum Gasteiger partial charge on any atom is -0.341 e. The average Bonchev–Trinajstić information content (AvgIpc) is 3.24. The Morgan fingerprint density at radius 2 is 2.00 bits per heavy atom. The monoisotopic (exact) mass is 459 g/mol. The van der Waals surface area contributed by atoms with Gasteiger partial charge in [-0.1, -0.05) is 36.4 Å². The number of aryl methyl sites for hydroxylation is 1. The number of pyridine rings is 1. The highest BCUT2D eigenvalue weighted by atomic mass is 16.2. The lowest BCUT2D eigenvalue weighted by atomic mass is 10.1. The Bertz CT molecular complexity index is 1510. The summed E-state index contributed by atoms with van der Waals surface area (Å²) in [5.41, 5.74) is 6.93. The van der Waals surface area contributed by atoms with E-state index in [2.05, 4.69) is 9.88 Å². The van der Waals surface area contributed by atoms with E-state index in [1.54, 1.807) is 13.2 Å². The number of fused-ring (bicyclic) bond motifs is 2. The van der Waals surface area contributed by atoms with Crippen molar-refractivity contribution in [2.75, 3.05) is 18.0 Å². The van der Waals surface area contributed by atoms with Gasteiger partial charge in [-0.2, -0.15) is 4.98 Å². The smallest absolute Gasteiger partial charge is 0.332 e. The van der Waals surface area contributed by atoms with Gasteiger partial charge in [0, 0.05) is 44.3 Å². The summed E-state index contributed by atoms with van der Waals surface area (Å²) in [5, 5.41) is 1.93. The molecular formula is C25H29N7O2. The molecule has 4 heterocycles. The molecule has 1 unspecified atom stereocenters. The molecule has 9 nitrogen and oxygen atoms in total. The minimum atomic E-state index is -0.412. The van der Waals surface area contributed by atoms with Crippen LogP contribution in [0.5, 0.6) is 0 Å². The lowest BCUT2D eigenvalue weighted by Crippen LogP contribution is -2.44. The number of nitrogens with zero attached hydrogens (tertiary/aromatic N) is 6. The third-order valence-electron chi connectivity index (χ3n) is 6.54. The Morgan fingerprint density at radius 1 is 1.18 bits per heavy atom. The Balaban J connectivity index is 1.71. The molecule has 1 aliphatic heterocycles. The molecule has 0 spiro atoms. The van der Waals surface area contributed by atoms with Crippen molar-refractivity contribution in [1.82, 2.24) is 23.7 Å². The summed E-state index contributed by atoms with van der Waals surface area (Å²) in [4.78, 5) is 38.5. The Hall–Kier alpha value is -3.72. The van der Waals surface area contributed by atoms with E-state index in [1.807, 2.05) is 54.0 Å². The topological polar surface area (TPSA) is 104 Å². The second-order valence-electron chi connectivity index (χ2n) is 8.82. The van der Waals surface area contributed by atoms with Gasteiger partial charge >= 0.3 is 5.69 Å². The maximum atomic E-state index is 13.8. The van der Waals surface area contributed by atoms with Crippen LogP contribution in [0.25, 0.3) is 21.9 Å². The van der Waals surface area contributed by atoms with Gasteiger partial charge in [-0.25, -0.2) is 4.79 Å². The van der Waals surface area contributed by atoms with E-state index >= 15 is 0 Å². The first-order valence-corrected chi connectivity index (χ1v) is 11.6. The van der Waals surface area contributed by atoms with Gasteiger partial charge in [-0.15, -0.1) is 0 Å². The predicted octanol–water partition coefficient (Wildman–Crippen LogP) is 2.00. The fraction of sp³-hybridized carbons (Fsp3) is 0.360. The van der Waals surface area contributed by atoms with E-state index in [1.165, 1.54) is 9.13 Å². The van der Waals surface area contributed by atoms with Gasteiger partial charge < -0.3 is 15.2 Å². The molecule has 9 heteroatoms. The number of hydrogen-bond donors (Lipinski definition) is 1. The molecule has 2 N–H and O–H groups in total. The van der Waals surface area contributed by atoms with Gasteiger partial charge in [-0.05, 0) is 31.2 Å². The number of rotatable bonds is 5. The molecular weight excluding hydrogens is 430 g/mol. The molecule has 5 rings (SSSR count). The molecule has 1 aromatic carbocycles. The van der Waals surface area contributed by atoms with E-state index in [0.717, 1.165) is 30.2 Å². The largest absolute Gasteiger partial charge is 0.341 e. The van der Waals surface area contributed by atoms with Crippen LogP contribution < -0.4 is 21.9 Å². The van der Waals surface area contributed by atoms with E-state index in [9.17, 15) is 9.59 Å². The number of allylic oxidation sites excluding steroid dienone is 2. The van der Waals surface area contributed by atoms with Crippen LogP contribution in [0.3, 0.4) is 0 Å². The van der Waals surface area contributed by atoms with Gasteiger partial charge in [-0.3, -0.25) is 18.9 Å². The first-order chi connectivity index (χ1) is 16.5. The predicted molar refractivity (Wildman–Crippen MR) is 134 cm³/mol. The summed E-state index contributed by atoms with van der Waals surface area (Å²) in [6.07, 6.45) is 7.56. The fourth-order valence-corrected chi connectivity index (χ4v) is 4.77. The van der Waals surface area contributed by atoms with Gasteiger partial charge in [0.15, 0.2) is 11.2 Å². The maximum absolute atomic E-state index is 13.8. The highest BCUT2D eigenvalue weighted by molar-refractivity contribution is 5.84. The molecule has 0 radical (unpaired) electrons. The standard InChI is InChI=1S/C25H29N7O2/c1-3-4-14-31-21-22(28-24(31)30-13-7-9-18(26)15-30)29(2)25(34)32(23(21)33)16-20-19-10-6-5-8-17(19)11-12-27-20/h3-6,8,10-12,18H,7,9,13-16,26H2,1-2H3/b4-3+. The summed E-state index contributed by atoms with van der Waals surface area (Å²) in [7, 11) is 1.66. The lowest BCUT2D eigenvalue weighted by Gasteiger charge is -2.31. The Morgan fingerprint density at radius 3 is 2.79 bits per heavy atom. The third kappa shape index (κ3) is 3.71. The summed E-state index contributed by atoms with van der Waals surface area (Å²) in [6.45, 7) is 3.99. The van der Waals surface area contributed by atoms with Crippen LogP contribution in [0.1, 0.15) is 25.5 Å². The SMILES string of the molecule is C/C=C/Cn1c(N2CCCC(N)C2)nc2c1c(=O)n(Cc1nccc3ccccc13)c(=O)n2C. The number of benzene rings is 1. The molecule has 0 amide bonds. The average molecular weight is 460 g/mol. The normalized spacial score (nSPS) is 16.8. The molecule has 34 heavy (non-hydrogen) atoms. The van der Waals surface area contributed by atoms with Crippen molar-refractivity contribution in [3.05, 3.63) is 75.2 Å². The van der Waals surface area contributed by atoms with Crippen LogP contribution in [0.2, 0.25) is 0 Å². The van der Waals surface area contributed by atoms with Crippen molar-refractivity contribution in [2.45, 2.75) is 38.9 Å². The molecule has 1 saturated heterocycles. The number of nitrogens with two attached hydrogens (primary N) is 1. The summed E-state index contributed by atoms with van der Waals surface area (Å²) in [6, 6.07) is 9.81. The van der Waals surface area contributed by atoms with Crippen molar-refractivity contribution in [1.29, 1.82) is 0 Å². The Kier molecular flexibility index (Phi) is 5.79. The number of imidazole rings is 1. The lowest BCUT2D eigenvalue weighted by molar-refractivity contribution is 0.495. The quantitative estimate of drug-likeness (QED) is 0.458. The second-order valence-corrected chi connectivity index (χ2v) is 8.82. The zero-order valence-electron chi connectivity index (χ0n) is 19.5. The molecule has 0 aliphatic carbocycles. The van der Waals surface area contributed by atoms with E-state index in [-0.39, 0.29) is 18.1 Å². The van der Waals surface area contributed by atoms with Crippen LogP contribution in [0, 0.1) is 0 Å². The van der Waals surface area contributed by atoms with Gasteiger partial charge in [0.2, 0.25) is 5.95 Å². The Labute approximate surface area is 196 Å². The van der Waals surface area contributed by atoms with Crippen LogP contribution in [0.15, 0.2) is 58.3 Å². The van der Waals surface area contributed by atoms with Crippen LogP contribution in [0.4, 0.5) is 5.95 Å². The molecule has 3 aromatic heterocycles. The van der Waals surface area contributed by atoms with Crippen molar-refractivity contribution < 1.29 is 0 Å². The minimum absolute atomic E-state index is 0.0571. The first kappa shape index (κ1) is 22.1. The van der Waals surface area contributed by atoms with Crippen LogP contribution in [-0.2, 0) is 20.1 Å². The number of piperidine rings is 1. The highest BCUT2D eigenvalue weighted by Gasteiger charge is 2.26. The first-order valence-electron chi connectivity index (χ1n) is 11.6. The number of hydrogen-bond acceptors (Lipinski definition) is 6. The zero-order valence-corrected chi connectivity index (χ0v) is 19.5. The highest BCUT2D eigenvalue weighted by Crippen LogP contribution is 2.23. The van der Waals surface area contributed by atoms with Crippen molar-refractivity contribution in [3.8, 4) is 0 Å². The molecule has 1 aliphatic rings. The molecule has 0 bridgehead atoms. The van der Waals surface area contributed by atoms with Gasteiger partial charge in [0.25, 0.3) is 5.56 Å². The summed E-state index contributed by atoms with van der Waals surface area (Å²) >= 11 is 0. The van der Waals surface area contributed by atoms with Gasteiger partial charge in [0.1, 0.15) is 0 Å². The molecule has 176 valence electrons. The number of aromatic nitrogens is 5. The van der Waals surface area contributed by atoms with Crippen molar-refractivity contribution in [2.24, 2.45) is 12.8 Å². The molecule has 4 aromatic rings. The van der Waals surface area contributed by atoms with Crippen molar-refractivity contribution >= 4 is 27.9 Å². The molecule has 1 fully saturated rings. The summed E-state index contributed by atoms with van der Waals surface area (Å²) in [5.74, 6) is 0.677. The number of anilines is 1. The van der Waals surface area contributed by atoms with Crippen LogP contribution >= 0.6 is 0 Å². The van der Waals surface area contributed by atoms with E-state index in [0.29, 0.717) is 35.9 Å². The van der Waals surface area contributed by atoms with E-state index < -0.39 is 5.69 Å². The fourth-order valence-electron chi connectivity index (χ4n) is 4.77. The zero-order chi connectivity index (χ0) is 23.8. The second kappa shape index (κ2) is 8.90. The molecule has 1 atom stereocenters. The third-order valence-corrected chi connectivity index (χ3v) is 6.54. The van der Waals surface area contributed by atoms with Gasteiger partial charge in [0.05, 0.1) is 12.2 Å². The van der Waals surface area contributed by atoms with Crippen LogP contribution in [-0.4, -0.2) is 42.8 Å².